The molecule has 0 saturated carbocycles. The maximum absolute atomic E-state index is 13.3. The molecule has 0 saturated heterocycles. The summed E-state index contributed by atoms with van der Waals surface area (Å²) in [6.07, 6.45) is 2.92. The fourth-order valence-corrected chi connectivity index (χ4v) is 4.92. The Morgan fingerprint density at radius 1 is 0.763 bits per heavy atom. The van der Waals surface area contributed by atoms with E-state index in [1.165, 1.54) is 24.5 Å². The van der Waals surface area contributed by atoms with Gasteiger partial charge in [0.25, 0.3) is 11.8 Å². The van der Waals surface area contributed by atoms with Crippen molar-refractivity contribution in [1.82, 2.24) is 15.0 Å². The number of anilines is 2. The standard InChI is InChI=1S/C28H22N4O5S/c1-18-9-14-22(19(2)17-18)31-20-10-12-21(13-11-20)38(35,36)37-32-27(33)25(23-7-3-5-15-29-23)26(28(32)34)24-8-4-6-16-30-24/h3-17,31H,1-2H3. The minimum absolute atomic E-state index is 0.0995. The molecule has 10 heteroatoms. The van der Waals surface area contributed by atoms with Gasteiger partial charge in [-0.1, -0.05) is 29.8 Å². The first-order valence-electron chi connectivity index (χ1n) is 11.6. The van der Waals surface area contributed by atoms with Crippen molar-refractivity contribution in [3.63, 3.8) is 0 Å². The van der Waals surface area contributed by atoms with Crippen LogP contribution >= 0.6 is 0 Å². The van der Waals surface area contributed by atoms with Crippen LogP contribution in [0.25, 0.3) is 11.1 Å². The minimum Gasteiger partial charge on any atom is -0.355 e. The lowest BCUT2D eigenvalue weighted by molar-refractivity contribution is -0.160. The molecule has 1 aliphatic heterocycles. The number of hydrogen-bond donors (Lipinski definition) is 1. The summed E-state index contributed by atoms with van der Waals surface area (Å²) in [7, 11) is -4.54. The molecule has 0 spiro atoms. The Morgan fingerprint density at radius 2 is 1.34 bits per heavy atom. The van der Waals surface area contributed by atoms with Gasteiger partial charge in [0.1, 0.15) is 0 Å². The van der Waals surface area contributed by atoms with Crippen molar-refractivity contribution in [3.8, 4) is 0 Å². The van der Waals surface area contributed by atoms with E-state index in [1.54, 1.807) is 48.5 Å². The molecular weight excluding hydrogens is 504 g/mol. The molecule has 0 unspecified atom stereocenters. The molecule has 0 atom stereocenters. The van der Waals surface area contributed by atoms with Gasteiger partial charge in [0, 0.05) is 23.8 Å². The van der Waals surface area contributed by atoms with Crippen LogP contribution in [0.2, 0.25) is 0 Å². The van der Waals surface area contributed by atoms with Crippen LogP contribution in [0, 0.1) is 13.8 Å². The molecule has 0 aliphatic carbocycles. The summed E-state index contributed by atoms with van der Waals surface area (Å²) in [6, 6.07) is 21.4. The van der Waals surface area contributed by atoms with E-state index in [1.807, 2.05) is 32.0 Å². The van der Waals surface area contributed by atoms with E-state index in [2.05, 4.69) is 15.3 Å². The van der Waals surface area contributed by atoms with Gasteiger partial charge in [0.2, 0.25) is 0 Å². The van der Waals surface area contributed by atoms with Crippen molar-refractivity contribution in [1.29, 1.82) is 0 Å². The fourth-order valence-electron chi connectivity index (χ4n) is 4.03. The zero-order valence-corrected chi connectivity index (χ0v) is 21.3. The first-order valence-corrected chi connectivity index (χ1v) is 13.0. The second kappa shape index (κ2) is 10.0. The smallest absolute Gasteiger partial charge is 0.318 e. The van der Waals surface area contributed by atoms with Crippen molar-refractivity contribution >= 4 is 44.5 Å². The average molecular weight is 527 g/mol. The van der Waals surface area contributed by atoms with Crippen LogP contribution in [0.4, 0.5) is 11.4 Å². The van der Waals surface area contributed by atoms with Gasteiger partial charge in [-0.2, -0.15) is 8.42 Å². The van der Waals surface area contributed by atoms with Crippen LogP contribution in [0.1, 0.15) is 22.5 Å². The minimum atomic E-state index is -4.54. The molecule has 0 radical (unpaired) electrons. The van der Waals surface area contributed by atoms with Crippen LogP contribution < -0.4 is 5.32 Å². The summed E-state index contributed by atoms with van der Waals surface area (Å²) in [4.78, 5) is 34.7. The van der Waals surface area contributed by atoms with Gasteiger partial charge in [0.15, 0.2) is 0 Å². The highest BCUT2D eigenvalue weighted by molar-refractivity contribution is 7.86. The van der Waals surface area contributed by atoms with Gasteiger partial charge in [-0.3, -0.25) is 19.6 Å². The average Bonchev–Trinajstić information content (AvgIpc) is 3.16. The number of nitrogens with one attached hydrogen (secondary N) is 1. The van der Waals surface area contributed by atoms with Crippen LogP contribution in [0.15, 0.2) is 96.2 Å². The van der Waals surface area contributed by atoms with Crippen LogP contribution in [-0.2, 0) is 24.0 Å². The molecule has 2 aromatic carbocycles. The predicted molar refractivity (Wildman–Crippen MR) is 141 cm³/mol. The molecule has 5 rings (SSSR count). The molecule has 2 amide bonds. The van der Waals surface area contributed by atoms with Crippen LogP contribution in [0.5, 0.6) is 0 Å². The summed E-state index contributed by atoms with van der Waals surface area (Å²) in [5.74, 6) is -1.91. The summed E-state index contributed by atoms with van der Waals surface area (Å²) in [5, 5.41) is 3.48. The SMILES string of the molecule is Cc1ccc(Nc2ccc(S(=O)(=O)ON3C(=O)C(c4ccccn4)=C(c4ccccn4)C3=O)cc2)c(C)c1. The van der Waals surface area contributed by atoms with Crippen LogP contribution in [0.3, 0.4) is 0 Å². The number of benzene rings is 2. The quantitative estimate of drug-likeness (QED) is 0.351. The van der Waals surface area contributed by atoms with E-state index in [-0.39, 0.29) is 32.5 Å². The number of nitrogens with zero attached hydrogens (tertiary/aromatic N) is 3. The summed E-state index contributed by atoms with van der Waals surface area (Å²) in [5.41, 5.74) is 3.89. The van der Waals surface area contributed by atoms with Crippen molar-refractivity contribution in [3.05, 3.63) is 114 Å². The Morgan fingerprint density at radius 3 is 1.84 bits per heavy atom. The Kier molecular flexibility index (Phi) is 6.58. The Hall–Kier alpha value is -4.67. The van der Waals surface area contributed by atoms with Gasteiger partial charge < -0.3 is 5.32 Å². The molecule has 190 valence electrons. The molecule has 2 aromatic heterocycles. The zero-order valence-electron chi connectivity index (χ0n) is 20.5. The molecule has 9 nitrogen and oxygen atoms in total. The monoisotopic (exact) mass is 526 g/mol. The Balaban J connectivity index is 1.42. The molecule has 0 bridgehead atoms. The van der Waals surface area contributed by atoms with E-state index < -0.39 is 21.9 Å². The number of hydrogen-bond acceptors (Lipinski definition) is 8. The summed E-state index contributed by atoms with van der Waals surface area (Å²) >= 11 is 0. The predicted octanol–water partition coefficient (Wildman–Crippen LogP) is 4.44. The second-order valence-electron chi connectivity index (χ2n) is 8.58. The number of aryl methyl sites for hydroxylation is 2. The van der Waals surface area contributed by atoms with Crippen LogP contribution in [-0.4, -0.2) is 35.3 Å². The van der Waals surface area contributed by atoms with E-state index in [0.717, 1.165) is 16.8 Å². The van der Waals surface area contributed by atoms with Gasteiger partial charge >= 0.3 is 10.1 Å². The fraction of sp³-hybridized carbons (Fsp3) is 0.0714. The largest absolute Gasteiger partial charge is 0.355 e. The molecule has 0 fully saturated rings. The molecule has 4 aromatic rings. The lowest BCUT2D eigenvalue weighted by Crippen LogP contribution is -2.34. The normalized spacial score (nSPS) is 13.8. The number of aromatic nitrogens is 2. The topological polar surface area (TPSA) is 119 Å². The summed E-state index contributed by atoms with van der Waals surface area (Å²) < 4.78 is 31.3. The number of rotatable bonds is 7. The van der Waals surface area contributed by atoms with E-state index in [0.29, 0.717) is 5.69 Å². The Bertz CT molecular complexity index is 1610. The van der Waals surface area contributed by atoms with E-state index in [4.69, 9.17) is 4.28 Å². The summed E-state index contributed by atoms with van der Waals surface area (Å²) in [6.45, 7) is 3.97. The number of carbonyl (C=O) groups is 2. The molecule has 1 N–H and O–H groups in total. The van der Waals surface area contributed by atoms with Crippen molar-refractivity contribution in [2.24, 2.45) is 0 Å². The maximum Gasteiger partial charge on any atom is 0.318 e. The number of pyridine rings is 2. The number of imide groups is 1. The van der Waals surface area contributed by atoms with Crippen molar-refractivity contribution < 1.29 is 22.3 Å². The van der Waals surface area contributed by atoms with Gasteiger partial charge in [-0.15, -0.1) is 9.35 Å². The van der Waals surface area contributed by atoms with Crippen molar-refractivity contribution in [2.45, 2.75) is 18.7 Å². The molecule has 38 heavy (non-hydrogen) atoms. The van der Waals surface area contributed by atoms with Gasteiger partial charge in [-0.25, -0.2) is 0 Å². The highest BCUT2D eigenvalue weighted by Crippen LogP contribution is 2.35. The third-order valence-corrected chi connectivity index (χ3v) is 7.06. The Labute approximate surface area is 219 Å². The molecule has 1 aliphatic rings. The number of carbonyl (C=O) groups excluding carboxylic acids is 2. The van der Waals surface area contributed by atoms with Gasteiger partial charge in [0.05, 0.1) is 27.4 Å². The third kappa shape index (κ3) is 4.82. The van der Waals surface area contributed by atoms with E-state index >= 15 is 0 Å². The highest BCUT2D eigenvalue weighted by atomic mass is 32.2. The lowest BCUT2D eigenvalue weighted by atomic mass is 10.0. The third-order valence-electron chi connectivity index (χ3n) is 5.87. The first kappa shape index (κ1) is 25.0. The van der Waals surface area contributed by atoms with Crippen molar-refractivity contribution in [2.75, 3.05) is 5.32 Å². The zero-order chi connectivity index (χ0) is 26.9. The number of amides is 2. The molecular formula is C28H22N4O5S. The molecule has 3 heterocycles. The maximum atomic E-state index is 13.3. The first-order chi connectivity index (χ1) is 18.2. The van der Waals surface area contributed by atoms with E-state index in [9.17, 15) is 18.0 Å². The van der Waals surface area contributed by atoms with Gasteiger partial charge in [-0.05, 0) is 74.0 Å². The lowest BCUT2D eigenvalue weighted by Gasteiger charge is -2.15. The highest BCUT2D eigenvalue weighted by Gasteiger charge is 2.44. The number of hydroxylamine groups is 2. The second-order valence-corrected chi connectivity index (χ2v) is 10.1.